The number of sulfonamides is 1. The molecule has 1 aromatic heterocycles. The predicted octanol–water partition coefficient (Wildman–Crippen LogP) is 3.47. The van der Waals surface area contributed by atoms with Crippen molar-refractivity contribution in [1.29, 1.82) is 0 Å². The molecule has 2 aromatic carbocycles. The number of aliphatic hydroxyl groups is 1. The highest BCUT2D eigenvalue weighted by atomic mass is 32.2. The molecule has 0 bridgehead atoms. The van der Waals surface area contributed by atoms with Crippen LogP contribution in [0.15, 0.2) is 70.0 Å². The van der Waals surface area contributed by atoms with Gasteiger partial charge >= 0.3 is 6.03 Å². The fourth-order valence-corrected chi connectivity index (χ4v) is 8.73. The molecular formula is C36H46N6O8S2. The Bertz CT molecular complexity index is 1820. The Labute approximate surface area is 308 Å². The lowest BCUT2D eigenvalue weighted by atomic mass is 9.85. The zero-order chi connectivity index (χ0) is 37.4. The number of benzene rings is 2. The summed E-state index contributed by atoms with van der Waals surface area (Å²) in [4.78, 5) is 47.7. The van der Waals surface area contributed by atoms with E-state index < -0.39 is 52.0 Å². The number of imide groups is 1. The topological polar surface area (TPSA) is 182 Å². The standard InChI is InChI=1S/C36H46N6O8S2/c1-24(2)34(42-21-33(44)41(36(42)46)19-28-23-51-32(38-28)22-50-3)35(45)39-30(16-25-8-5-4-6-9-25)31(43)20-40(18-27-10-7-11-27)52(48,49)29-14-12-26(13-15-29)17-37-47/h4-6,8-9,12-15,17,23-24,27,30-31,34,43,47H,7,10-11,16,18-22H2,1-3H3,(H,39,45)/t30-,31+,34-/m0/s1. The number of carbonyl (C=O) groups is 3. The number of hydrogen-bond donors (Lipinski definition) is 3. The Morgan fingerprint density at radius 1 is 1.15 bits per heavy atom. The average molecular weight is 755 g/mol. The molecule has 0 unspecified atom stereocenters. The highest BCUT2D eigenvalue weighted by Crippen LogP contribution is 2.30. The Morgan fingerprint density at radius 3 is 2.48 bits per heavy atom. The summed E-state index contributed by atoms with van der Waals surface area (Å²) in [5.41, 5.74) is 1.85. The molecule has 1 aliphatic carbocycles. The number of nitrogens with one attached hydrogen (secondary N) is 1. The van der Waals surface area contributed by atoms with Crippen molar-refractivity contribution in [2.45, 2.75) is 75.8 Å². The van der Waals surface area contributed by atoms with E-state index in [1.54, 1.807) is 26.3 Å². The fourth-order valence-electron chi connectivity index (χ4n) is 6.44. The third-order valence-electron chi connectivity index (χ3n) is 9.40. The van der Waals surface area contributed by atoms with Crippen LogP contribution in [0.25, 0.3) is 0 Å². The molecule has 3 N–H and O–H groups in total. The number of oxime groups is 1. The van der Waals surface area contributed by atoms with Crippen LogP contribution in [-0.4, -0.2) is 107 Å². The zero-order valence-electron chi connectivity index (χ0n) is 29.5. The van der Waals surface area contributed by atoms with E-state index in [0.717, 1.165) is 29.7 Å². The number of rotatable bonds is 18. The van der Waals surface area contributed by atoms with Crippen LogP contribution in [0.1, 0.15) is 54.9 Å². The van der Waals surface area contributed by atoms with E-state index in [0.29, 0.717) is 22.9 Å². The second-order valence-corrected chi connectivity index (χ2v) is 16.4. The Morgan fingerprint density at radius 2 is 1.87 bits per heavy atom. The lowest BCUT2D eigenvalue weighted by Gasteiger charge is -2.36. The molecular weight excluding hydrogens is 709 g/mol. The summed E-state index contributed by atoms with van der Waals surface area (Å²) in [7, 11) is -2.52. The van der Waals surface area contributed by atoms with E-state index in [1.165, 1.54) is 51.0 Å². The SMILES string of the molecule is COCc1nc(CN2C(=O)CN([C@H](C(=O)N[C@@H](Cc3ccccc3)[C@H](O)CN(CC3CCC3)S(=O)(=O)c3ccc(C=NO)cc3)C(C)C)C2=O)cs1. The van der Waals surface area contributed by atoms with Gasteiger partial charge in [-0.3, -0.25) is 14.5 Å². The molecule has 2 fully saturated rings. The minimum Gasteiger partial charge on any atom is -0.411 e. The number of carbonyl (C=O) groups excluding carboxylic acids is 3. The molecule has 2 aliphatic rings. The number of methoxy groups -OCH3 is 1. The van der Waals surface area contributed by atoms with Gasteiger partial charge in [-0.25, -0.2) is 18.2 Å². The van der Waals surface area contributed by atoms with Crippen molar-refractivity contribution in [2.24, 2.45) is 17.0 Å². The second-order valence-electron chi connectivity index (χ2n) is 13.5. The molecule has 1 aliphatic heterocycles. The lowest BCUT2D eigenvalue weighted by molar-refractivity contribution is -0.129. The van der Waals surface area contributed by atoms with Gasteiger partial charge < -0.3 is 25.3 Å². The first-order chi connectivity index (χ1) is 24.9. The monoisotopic (exact) mass is 754 g/mol. The highest BCUT2D eigenvalue weighted by molar-refractivity contribution is 7.89. The van der Waals surface area contributed by atoms with E-state index >= 15 is 0 Å². The predicted molar refractivity (Wildman–Crippen MR) is 194 cm³/mol. The summed E-state index contributed by atoms with van der Waals surface area (Å²) in [6.07, 6.45) is 2.75. The second kappa shape index (κ2) is 17.5. The molecule has 52 heavy (non-hydrogen) atoms. The van der Waals surface area contributed by atoms with Gasteiger partial charge in [-0.1, -0.05) is 67.9 Å². The van der Waals surface area contributed by atoms with Gasteiger partial charge in [-0.05, 0) is 54.4 Å². The van der Waals surface area contributed by atoms with E-state index in [4.69, 9.17) is 9.94 Å². The van der Waals surface area contributed by atoms with E-state index in [2.05, 4.69) is 15.5 Å². The summed E-state index contributed by atoms with van der Waals surface area (Å²) in [5.74, 6) is -1.30. The van der Waals surface area contributed by atoms with Gasteiger partial charge in [0.25, 0.3) is 5.91 Å². The number of thiazole rings is 1. The normalized spacial score (nSPS) is 17.3. The number of urea groups is 1. The molecule has 280 valence electrons. The van der Waals surface area contributed by atoms with Gasteiger partial charge in [0, 0.05) is 25.6 Å². The van der Waals surface area contributed by atoms with Crippen molar-refractivity contribution in [3.05, 3.63) is 81.8 Å². The van der Waals surface area contributed by atoms with Crippen molar-refractivity contribution < 1.29 is 37.9 Å². The highest BCUT2D eigenvalue weighted by Gasteiger charge is 2.44. The molecule has 1 saturated carbocycles. The Balaban J connectivity index is 1.37. The Hall–Kier alpha value is -4.22. The molecule has 4 amide bonds. The van der Waals surface area contributed by atoms with Crippen molar-refractivity contribution in [3.8, 4) is 0 Å². The number of aliphatic hydroxyl groups excluding tert-OH is 1. The molecule has 5 rings (SSSR count). The van der Waals surface area contributed by atoms with Crippen molar-refractivity contribution in [2.75, 3.05) is 26.7 Å². The number of ether oxygens (including phenoxy) is 1. The van der Waals surface area contributed by atoms with Crippen molar-refractivity contribution in [3.63, 3.8) is 0 Å². The third-order valence-corrected chi connectivity index (χ3v) is 12.1. The lowest BCUT2D eigenvalue weighted by Crippen LogP contribution is -2.57. The van der Waals surface area contributed by atoms with Gasteiger partial charge in [0.1, 0.15) is 17.6 Å². The van der Waals surface area contributed by atoms with Crippen LogP contribution in [0.2, 0.25) is 0 Å². The third kappa shape index (κ3) is 9.41. The molecule has 14 nitrogen and oxygen atoms in total. The molecule has 3 aromatic rings. The smallest absolute Gasteiger partial charge is 0.328 e. The van der Waals surface area contributed by atoms with Gasteiger partial charge in [0.05, 0.1) is 42.1 Å². The fraction of sp³-hybridized carbons (Fsp3) is 0.472. The minimum absolute atomic E-state index is 0.0203. The van der Waals surface area contributed by atoms with Gasteiger partial charge in [0.2, 0.25) is 15.9 Å². The van der Waals surface area contributed by atoms with E-state index in [9.17, 15) is 27.9 Å². The zero-order valence-corrected chi connectivity index (χ0v) is 31.1. The molecule has 3 atom stereocenters. The first-order valence-corrected chi connectivity index (χ1v) is 19.6. The molecule has 0 radical (unpaired) electrons. The molecule has 2 heterocycles. The maximum Gasteiger partial charge on any atom is 0.328 e. The maximum absolute atomic E-state index is 14.2. The summed E-state index contributed by atoms with van der Waals surface area (Å²) in [6.45, 7) is 3.42. The van der Waals surface area contributed by atoms with Crippen LogP contribution in [-0.2, 0) is 43.9 Å². The summed E-state index contributed by atoms with van der Waals surface area (Å²) in [6, 6.07) is 12.5. The molecule has 0 spiro atoms. The van der Waals surface area contributed by atoms with Crippen molar-refractivity contribution >= 4 is 45.4 Å². The van der Waals surface area contributed by atoms with E-state index in [-0.39, 0.29) is 43.4 Å². The van der Waals surface area contributed by atoms with Gasteiger partial charge in [-0.15, -0.1) is 11.3 Å². The summed E-state index contributed by atoms with van der Waals surface area (Å²) in [5, 5.41) is 29.1. The van der Waals surface area contributed by atoms with Crippen LogP contribution >= 0.6 is 11.3 Å². The van der Waals surface area contributed by atoms with Crippen LogP contribution in [0.4, 0.5) is 4.79 Å². The number of hydrogen-bond acceptors (Lipinski definition) is 11. The maximum atomic E-state index is 14.2. The number of nitrogens with zero attached hydrogens (tertiary/aromatic N) is 5. The number of aromatic nitrogens is 1. The quantitative estimate of drug-likeness (QED) is 0.0758. The number of amides is 4. The first kappa shape index (κ1) is 39.0. The average Bonchev–Trinajstić information content (AvgIpc) is 3.65. The van der Waals surface area contributed by atoms with E-state index in [1.807, 2.05) is 30.3 Å². The summed E-state index contributed by atoms with van der Waals surface area (Å²) < 4.78 is 34.4. The Kier molecular flexibility index (Phi) is 13.1. The van der Waals surface area contributed by atoms with Crippen LogP contribution < -0.4 is 5.32 Å². The largest absolute Gasteiger partial charge is 0.411 e. The van der Waals surface area contributed by atoms with Crippen LogP contribution in [0.5, 0.6) is 0 Å². The summed E-state index contributed by atoms with van der Waals surface area (Å²) >= 11 is 1.36. The first-order valence-electron chi connectivity index (χ1n) is 17.2. The van der Waals surface area contributed by atoms with Crippen molar-refractivity contribution in [1.82, 2.24) is 24.4 Å². The van der Waals surface area contributed by atoms with Crippen LogP contribution in [0, 0.1) is 11.8 Å². The van der Waals surface area contributed by atoms with Crippen LogP contribution in [0.3, 0.4) is 0 Å². The molecule has 16 heteroatoms. The van der Waals surface area contributed by atoms with Gasteiger partial charge in [-0.2, -0.15) is 4.31 Å². The van der Waals surface area contributed by atoms with Gasteiger partial charge in [0.15, 0.2) is 0 Å². The minimum atomic E-state index is -4.08. The molecule has 1 saturated heterocycles.